The topological polar surface area (TPSA) is 58.1 Å². The van der Waals surface area contributed by atoms with Gasteiger partial charge in [0.25, 0.3) is 5.91 Å². The highest BCUT2D eigenvalue weighted by molar-refractivity contribution is 7.17. The Morgan fingerprint density at radius 1 is 1.53 bits per heavy atom. The lowest BCUT2D eigenvalue weighted by Gasteiger charge is -2.16. The molecule has 94 valence electrons. The van der Waals surface area contributed by atoms with Crippen molar-refractivity contribution in [3.05, 3.63) is 5.01 Å². The van der Waals surface area contributed by atoms with Crippen molar-refractivity contribution in [2.75, 3.05) is 25.5 Å². The van der Waals surface area contributed by atoms with Crippen molar-refractivity contribution in [1.29, 1.82) is 0 Å². The van der Waals surface area contributed by atoms with Crippen LogP contribution in [0.5, 0.6) is 0 Å². The van der Waals surface area contributed by atoms with Gasteiger partial charge in [-0.25, -0.2) is 0 Å². The van der Waals surface area contributed by atoms with E-state index in [0.717, 1.165) is 19.5 Å². The molecule has 0 radical (unpaired) electrons. The van der Waals surface area contributed by atoms with E-state index in [0.29, 0.717) is 22.0 Å². The molecule has 1 N–H and O–H groups in total. The third kappa shape index (κ3) is 2.57. The maximum Gasteiger partial charge on any atom is 0.284 e. The van der Waals surface area contributed by atoms with E-state index in [1.807, 2.05) is 4.90 Å². The SMILES string of the molecule is CNc1nnc(C(=O)N2CCC(C(C)C)C2)s1. The second-order valence-corrected chi connectivity index (χ2v) is 5.68. The van der Waals surface area contributed by atoms with Crippen LogP contribution in [0.3, 0.4) is 0 Å². The molecule has 1 aliphatic heterocycles. The molecular weight excluding hydrogens is 236 g/mol. The molecule has 2 rings (SSSR count). The zero-order valence-corrected chi connectivity index (χ0v) is 11.3. The van der Waals surface area contributed by atoms with Crippen LogP contribution in [0.2, 0.25) is 0 Å². The molecule has 1 saturated heterocycles. The zero-order valence-electron chi connectivity index (χ0n) is 10.4. The van der Waals surface area contributed by atoms with Crippen LogP contribution in [0.1, 0.15) is 30.1 Å². The fraction of sp³-hybridized carbons (Fsp3) is 0.727. The molecule has 2 heterocycles. The Morgan fingerprint density at radius 2 is 2.29 bits per heavy atom. The summed E-state index contributed by atoms with van der Waals surface area (Å²) in [6.07, 6.45) is 1.10. The quantitative estimate of drug-likeness (QED) is 0.892. The number of hydrogen-bond donors (Lipinski definition) is 1. The predicted molar refractivity (Wildman–Crippen MR) is 68.3 cm³/mol. The minimum Gasteiger partial charge on any atom is -0.363 e. The van der Waals surface area contributed by atoms with Gasteiger partial charge >= 0.3 is 0 Å². The van der Waals surface area contributed by atoms with Gasteiger partial charge in [0.1, 0.15) is 0 Å². The summed E-state index contributed by atoms with van der Waals surface area (Å²) in [5.41, 5.74) is 0. The fourth-order valence-electron chi connectivity index (χ4n) is 2.06. The van der Waals surface area contributed by atoms with Gasteiger partial charge in [-0.15, -0.1) is 10.2 Å². The van der Waals surface area contributed by atoms with Crippen molar-refractivity contribution in [1.82, 2.24) is 15.1 Å². The lowest BCUT2D eigenvalue weighted by atomic mass is 9.95. The highest BCUT2D eigenvalue weighted by Gasteiger charge is 2.30. The number of aromatic nitrogens is 2. The number of carbonyl (C=O) groups excluding carboxylic acids is 1. The molecule has 1 aromatic rings. The van der Waals surface area contributed by atoms with E-state index >= 15 is 0 Å². The Labute approximate surface area is 105 Å². The maximum absolute atomic E-state index is 12.2. The summed E-state index contributed by atoms with van der Waals surface area (Å²) in [6, 6.07) is 0. The predicted octanol–water partition coefficient (Wildman–Crippen LogP) is 1.70. The van der Waals surface area contributed by atoms with Crippen molar-refractivity contribution in [3.63, 3.8) is 0 Å². The first-order valence-electron chi connectivity index (χ1n) is 5.92. The highest BCUT2D eigenvalue weighted by atomic mass is 32.1. The third-order valence-corrected chi connectivity index (χ3v) is 4.21. The van der Waals surface area contributed by atoms with Gasteiger partial charge in [0.05, 0.1) is 0 Å². The number of nitrogens with zero attached hydrogens (tertiary/aromatic N) is 3. The second kappa shape index (κ2) is 5.00. The first-order chi connectivity index (χ1) is 8.11. The number of anilines is 1. The van der Waals surface area contributed by atoms with E-state index in [4.69, 9.17) is 0 Å². The summed E-state index contributed by atoms with van der Waals surface area (Å²) in [6.45, 7) is 6.12. The maximum atomic E-state index is 12.2. The van der Waals surface area contributed by atoms with Crippen LogP contribution in [0.25, 0.3) is 0 Å². The smallest absolute Gasteiger partial charge is 0.284 e. The molecular formula is C11H18N4OS. The fourth-order valence-corrected chi connectivity index (χ4v) is 2.73. The molecule has 6 heteroatoms. The van der Waals surface area contributed by atoms with Crippen LogP contribution >= 0.6 is 11.3 Å². The van der Waals surface area contributed by atoms with Crippen molar-refractivity contribution in [2.45, 2.75) is 20.3 Å². The molecule has 1 aromatic heterocycles. The summed E-state index contributed by atoms with van der Waals surface area (Å²) in [5, 5.41) is 11.9. The molecule has 17 heavy (non-hydrogen) atoms. The van der Waals surface area contributed by atoms with E-state index in [-0.39, 0.29) is 5.91 Å². The third-order valence-electron chi connectivity index (χ3n) is 3.28. The Bertz CT molecular complexity index is 404. The van der Waals surface area contributed by atoms with Crippen molar-refractivity contribution < 1.29 is 4.79 Å². The van der Waals surface area contributed by atoms with Crippen LogP contribution in [0.4, 0.5) is 5.13 Å². The van der Waals surface area contributed by atoms with Gasteiger partial charge in [-0.1, -0.05) is 25.2 Å². The molecule has 0 spiro atoms. The largest absolute Gasteiger partial charge is 0.363 e. The van der Waals surface area contributed by atoms with Gasteiger partial charge in [0.2, 0.25) is 10.1 Å². The van der Waals surface area contributed by atoms with Gasteiger partial charge in [-0.05, 0) is 18.3 Å². The van der Waals surface area contributed by atoms with Crippen molar-refractivity contribution in [3.8, 4) is 0 Å². The Balaban J connectivity index is 2.01. The molecule has 5 nitrogen and oxygen atoms in total. The molecule has 1 amide bonds. The molecule has 1 unspecified atom stereocenters. The van der Waals surface area contributed by atoms with E-state index in [1.165, 1.54) is 11.3 Å². The van der Waals surface area contributed by atoms with E-state index < -0.39 is 0 Å². The molecule has 0 saturated carbocycles. The molecule has 0 aliphatic carbocycles. The van der Waals surface area contributed by atoms with E-state index in [1.54, 1.807) is 7.05 Å². The minimum atomic E-state index is 0.0205. The summed E-state index contributed by atoms with van der Waals surface area (Å²) in [5.74, 6) is 1.28. The molecule has 0 bridgehead atoms. The Morgan fingerprint density at radius 3 is 2.82 bits per heavy atom. The Hall–Kier alpha value is -1.17. The van der Waals surface area contributed by atoms with Crippen LogP contribution < -0.4 is 5.32 Å². The van der Waals surface area contributed by atoms with E-state index in [9.17, 15) is 4.79 Å². The van der Waals surface area contributed by atoms with Gasteiger partial charge in [-0.2, -0.15) is 0 Å². The first-order valence-corrected chi connectivity index (χ1v) is 6.74. The summed E-state index contributed by atoms with van der Waals surface area (Å²) < 4.78 is 0. The zero-order chi connectivity index (χ0) is 12.4. The second-order valence-electron chi connectivity index (χ2n) is 4.71. The van der Waals surface area contributed by atoms with Crippen molar-refractivity contribution in [2.24, 2.45) is 11.8 Å². The average Bonchev–Trinajstić information content (AvgIpc) is 2.97. The molecule has 1 aliphatic rings. The van der Waals surface area contributed by atoms with Crippen LogP contribution in [0.15, 0.2) is 0 Å². The molecule has 1 atom stereocenters. The van der Waals surface area contributed by atoms with Crippen LogP contribution in [-0.2, 0) is 0 Å². The van der Waals surface area contributed by atoms with Crippen molar-refractivity contribution >= 4 is 22.4 Å². The minimum absolute atomic E-state index is 0.0205. The van der Waals surface area contributed by atoms with Gasteiger partial charge in [0.15, 0.2) is 0 Å². The summed E-state index contributed by atoms with van der Waals surface area (Å²) >= 11 is 1.31. The number of rotatable bonds is 3. The van der Waals surface area contributed by atoms with E-state index in [2.05, 4.69) is 29.4 Å². The van der Waals surface area contributed by atoms with Gasteiger partial charge in [-0.3, -0.25) is 4.79 Å². The van der Waals surface area contributed by atoms with Gasteiger partial charge in [0, 0.05) is 20.1 Å². The summed E-state index contributed by atoms with van der Waals surface area (Å²) in [7, 11) is 1.78. The first kappa shape index (κ1) is 12.3. The number of hydrogen-bond acceptors (Lipinski definition) is 5. The number of nitrogens with one attached hydrogen (secondary N) is 1. The van der Waals surface area contributed by atoms with Gasteiger partial charge < -0.3 is 10.2 Å². The standard InChI is InChI=1S/C11H18N4OS/c1-7(2)8-4-5-15(6-8)10(16)9-13-14-11(12-3)17-9/h7-8H,4-6H2,1-3H3,(H,12,14). The lowest BCUT2D eigenvalue weighted by Crippen LogP contribution is -2.29. The monoisotopic (exact) mass is 254 g/mol. The highest BCUT2D eigenvalue weighted by Crippen LogP contribution is 2.26. The normalized spacial score (nSPS) is 20.0. The molecule has 1 fully saturated rings. The summed E-state index contributed by atoms with van der Waals surface area (Å²) in [4.78, 5) is 14.0. The number of carbonyl (C=O) groups is 1. The lowest BCUT2D eigenvalue weighted by molar-refractivity contribution is 0.0783. The average molecular weight is 254 g/mol. The number of amides is 1. The Kier molecular flexibility index (Phi) is 3.61. The van der Waals surface area contributed by atoms with Crippen LogP contribution in [0, 0.1) is 11.8 Å². The number of likely N-dealkylation sites (tertiary alicyclic amines) is 1. The van der Waals surface area contributed by atoms with Crippen LogP contribution in [-0.4, -0.2) is 41.1 Å². The molecule has 0 aromatic carbocycles.